The van der Waals surface area contributed by atoms with Gasteiger partial charge in [0.15, 0.2) is 11.5 Å². The van der Waals surface area contributed by atoms with Gasteiger partial charge in [-0.1, -0.05) is 6.07 Å². The summed E-state index contributed by atoms with van der Waals surface area (Å²) in [5, 5.41) is 26.5. The molecular weight excluding hydrogens is 489 g/mol. The maximum atomic E-state index is 13.1. The fourth-order valence-electron chi connectivity index (χ4n) is 7.59. The van der Waals surface area contributed by atoms with Gasteiger partial charge in [-0.05, 0) is 62.6 Å². The lowest BCUT2D eigenvalue weighted by Crippen LogP contribution is -2.78. The van der Waals surface area contributed by atoms with Crippen LogP contribution >= 0.6 is 23.2 Å². The molecule has 9 heteroatoms. The zero-order valence-electron chi connectivity index (χ0n) is 20.0. The number of nitrogens with zero attached hydrogens (tertiary/aromatic N) is 2. The Kier molecular flexibility index (Phi) is 6.16. The number of aromatic hydroxyl groups is 1. The van der Waals surface area contributed by atoms with Crippen molar-refractivity contribution < 1.29 is 19.7 Å². The normalized spacial score (nSPS) is 35.0. The summed E-state index contributed by atoms with van der Waals surface area (Å²) in [5.41, 5.74) is 0.582. The highest BCUT2D eigenvalue weighted by molar-refractivity contribution is 6.18. The molecule has 1 aromatic rings. The minimum atomic E-state index is -0.943. The third-order valence-corrected chi connectivity index (χ3v) is 9.62. The molecular formula is C26H35Cl2N3O4. The number of amides is 1. The first kappa shape index (κ1) is 24.1. The van der Waals surface area contributed by atoms with E-state index in [1.54, 1.807) is 6.07 Å². The molecule has 3 fully saturated rings. The van der Waals surface area contributed by atoms with Gasteiger partial charge < -0.3 is 20.3 Å². The van der Waals surface area contributed by atoms with Crippen molar-refractivity contribution >= 4 is 29.1 Å². The van der Waals surface area contributed by atoms with Gasteiger partial charge in [-0.2, -0.15) is 0 Å². The topological polar surface area (TPSA) is 85.3 Å². The van der Waals surface area contributed by atoms with Gasteiger partial charge >= 0.3 is 0 Å². The molecule has 1 saturated heterocycles. The van der Waals surface area contributed by atoms with Crippen molar-refractivity contribution in [2.45, 2.75) is 67.7 Å². The minimum Gasteiger partial charge on any atom is -0.504 e. The van der Waals surface area contributed by atoms with Crippen LogP contribution in [0.1, 0.15) is 43.2 Å². The van der Waals surface area contributed by atoms with Gasteiger partial charge in [0, 0.05) is 43.0 Å². The lowest BCUT2D eigenvalue weighted by Gasteiger charge is -2.64. The third kappa shape index (κ3) is 3.68. The predicted octanol–water partition coefficient (Wildman–Crippen LogP) is 2.22. The molecule has 7 nitrogen and oxygen atoms in total. The van der Waals surface area contributed by atoms with Crippen LogP contribution in [0.5, 0.6) is 11.5 Å². The van der Waals surface area contributed by atoms with Crippen molar-refractivity contribution in [3.05, 3.63) is 23.3 Å². The van der Waals surface area contributed by atoms with E-state index in [2.05, 4.69) is 10.2 Å². The standard InChI is InChI=1S/C26H35Cl2N3O4/c27-8-11-30(12-9-28)15-21(33)29-18-5-6-26(34)20-13-17-3-4-19(32)23-22(17)25(26,24(18)35-23)7-10-31(20)14-16-1-2-16/h3-4,16,18,20,24,32,34H,1-2,5-15H2,(H,29,33)/t18-,20?,24+,25?,26-/m1/s1. The fourth-order valence-corrected chi connectivity index (χ4v) is 8.07. The molecule has 192 valence electrons. The van der Waals surface area contributed by atoms with Gasteiger partial charge in [-0.15, -0.1) is 23.2 Å². The first-order chi connectivity index (χ1) is 16.9. The number of benzene rings is 1. The number of phenolic OH excluding ortho intramolecular Hbond substituents is 1. The van der Waals surface area contributed by atoms with Crippen molar-refractivity contribution in [1.82, 2.24) is 15.1 Å². The first-order valence-electron chi connectivity index (χ1n) is 13.0. The van der Waals surface area contributed by atoms with Crippen LogP contribution < -0.4 is 10.1 Å². The highest BCUT2D eigenvalue weighted by atomic mass is 35.5. The summed E-state index contributed by atoms with van der Waals surface area (Å²) in [6.07, 6.45) is 4.93. The van der Waals surface area contributed by atoms with E-state index in [-0.39, 0.29) is 30.3 Å². The van der Waals surface area contributed by atoms with Crippen LogP contribution in [0.4, 0.5) is 0 Å². The summed E-state index contributed by atoms with van der Waals surface area (Å²) in [6.45, 7) is 3.36. The number of aliphatic hydroxyl groups is 1. The van der Waals surface area contributed by atoms with Crippen LogP contribution in [0.2, 0.25) is 0 Å². The van der Waals surface area contributed by atoms with Crippen LogP contribution in [0.25, 0.3) is 0 Å². The lowest BCUT2D eigenvalue weighted by atomic mass is 9.48. The van der Waals surface area contributed by atoms with Crippen LogP contribution in [0.3, 0.4) is 0 Å². The molecule has 1 spiro atoms. The average Bonchev–Trinajstić information content (AvgIpc) is 3.56. The quantitative estimate of drug-likeness (QED) is 0.430. The molecule has 2 aliphatic heterocycles. The molecule has 2 unspecified atom stereocenters. The van der Waals surface area contributed by atoms with Crippen LogP contribution in [0, 0.1) is 5.92 Å². The lowest BCUT2D eigenvalue weighted by molar-refractivity contribution is -0.192. The van der Waals surface area contributed by atoms with Crippen LogP contribution in [-0.2, 0) is 16.6 Å². The maximum Gasteiger partial charge on any atom is 0.234 e. The summed E-state index contributed by atoms with van der Waals surface area (Å²) in [7, 11) is 0. The van der Waals surface area contributed by atoms with Gasteiger partial charge in [-0.25, -0.2) is 0 Å². The number of rotatable bonds is 9. The van der Waals surface area contributed by atoms with E-state index in [0.717, 1.165) is 43.0 Å². The Balaban J connectivity index is 1.32. The smallest absolute Gasteiger partial charge is 0.234 e. The molecule has 6 rings (SSSR count). The number of ether oxygens (including phenoxy) is 1. The number of carbonyl (C=O) groups is 1. The average molecular weight is 524 g/mol. The van der Waals surface area contributed by atoms with Crippen molar-refractivity contribution in [1.29, 1.82) is 0 Å². The molecule has 2 heterocycles. The Hall–Kier alpha value is -1.25. The van der Waals surface area contributed by atoms with Crippen molar-refractivity contribution in [3.8, 4) is 11.5 Å². The number of alkyl halides is 2. The van der Waals surface area contributed by atoms with Crippen molar-refractivity contribution in [2.75, 3.05) is 44.5 Å². The van der Waals surface area contributed by atoms with E-state index in [1.807, 2.05) is 11.0 Å². The van der Waals surface area contributed by atoms with Crippen LogP contribution in [0.15, 0.2) is 12.1 Å². The zero-order chi connectivity index (χ0) is 24.4. The molecule has 0 aromatic heterocycles. The monoisotopic (exact) mass is 523 g/mol. The van der Waals surface area contributed by atoms with E-state index < -0.39 is 17.1 Å². The zero-order valence-corrected chi connectivity index (χ0v) is 21.5. The number of hydrogen-bond acceptors (Lipinski definition) is 6. The SMILES string of the molecule is O=C(CN(CCCl)CCCl)N[C@@H]1CC[C@@]2(O)C3Cc4ccc(O)c5c4C2(CCN3CC2CC2)[C@H]1O5. The molecule has 2 bridgehead atoms. The Morgan fingerprint density at radius 3 is 2.69 bits per heavy atom. The van der Waals surface area contributed by atoms with Crippen molar-refractivity contribution in [3.63, 3.8) is 0 Å². The molecule has 2 saturated carbocycles. The number of carbonyl (C=O) groups excluding carboxylic acids is 1. The maximum absolute atomic E-state index is 13.1. The molecule has 3 N–H and O–H groups in total. The van der Waals surface area contributed by atoms with Crippen LogP contribution in [-0.4, -0.2) is 94.2 Å². The summed E-state index contributed by atoms with van der Waals surface area (Å²) in [4.78, 5) is 17.5. The molecule has 3 aliphatic carbocycles. The van der Waals surface area contributed by atoms with Gasteiger partial charge in [0.1, 0.15) is 6.10 Å². The summed E-state index contributed by atoms with van der Waals surface area (Å²) < 4.78 is 6.52. The Labute approximate surface area is 216 Å². The third-order valence-electron chi connectivity index (χ3n) is 9.28. The number of halogens is 2. The van der Waals surface area contributed by atoms with E-state index in [0.29, 0.717) is 43.4 Å². The van der Waals surface area contributed by atoms with Gasteiger partial charge in [-0.3, -0.25) is 14.6 Å². The second kappa shape index (κ2) is 8.95. The molecule has 1 aromatic carbocycles. The predicted molar refractivity (Wildman–Crippen MR) is 135 cm³/mol. The van der Waals surface area contributed by atoms with E-state index >= 15 is 0 Å². The number of hydrogen-bond donors (Lipinski definition) is 3. The van der Waals surface area contributed by atoms with Gasteiger partial charge in [0.05, 0.1) is 23.6 Å². The minimum absolute atomic E-state index is 0.0329. The van der Waals surface area contributed by atoms with E-state index in [1.165, 1.54) is 12.8 Å². The van der Waals surface area contributed by atoms with Gasteiger partial charge in [0.2, 0.25) is 5.91 Å². The molecule has 0 radical (unpaired) electrons. The molecule has 5 atom stereocenters. The number of phenols is 1. The second-order valence-corrected chi connectivity index (χ2v) is 11.9. The first-order valence-corrected chi connectivity index (χ1v) is 14.1. The highest BCUT2D eigenvalue weighted by Crippen LogP contribution is 2.65. The summed E-state index contributed by atoms with van der Waals surface area (Å²) in [6, 6.07) is 3.51. The van der Waals surface area contributed by atoms with E-state index in [9.17, 15) is 15.0 Å². The van der Waals surface area contributed by atoms with Gasteiger partial charge in [0.25, 0.3) is 0 Å². The van der Waals surface area contributed by atoms with E-state index in [4.69, 9.17) is 27.9 Å². The Bertz CT molecular complexity index is 1000. The number of nitrogens with one attached hydrogen (secondary N) is 1. The Morgan fingerprint density at radius 1 is 1.20 bits per heavy atom. The summed E-state index contributed by atoms with van der Waals surface area (Å²) >= 11 is 11.8. The fraction of sp³-hybridized carbons (Fsp3) is 0.731. The highest BCUT2D eigenvalue weighted by Gasteiger charge is 2.73. The summed E-state index contributed by atoms with van der Waals surface area (Å²) in [5.74, 6) is 2.16. The molecule has 5 aliphatic rings. The number of piperidine rings is 1. The largest absolute Gasteiger partial charge is 0.504 e. The molecule has 35 heavy (non-hydrogen) atoms. The number of likely N-dealkylation sites (tertiary alicyclic amines) is 1. The Morgan fingerprint density at radius 2 is 1.97 bits per heavy atom. The molecule has 1 amide bonds. The van der Waals surface area contributed by atoms with Crippen molar-refractivity contribution in [2.24, 2.45) is 5.92 Å². The second-order valence-electron chi connectivity index (χ2n) is 11.2.